The number of aliphatic carboxylic acids is 1. The van der Waals surface area contributed by atoms with Crippen LogP contribution in [0.5, 0.6) is 0 Å². The number of fused-ring (bicyclic) bond motifs is 2. The highest BCUT2D eigenvalue weighted by Crippen LogP contribution is 2.46. The molecule has 1 aromatic rings. The zero-order chi connectivity index (χ0) is 14.7. The summed E-state index contributed by atoms with van der Waals surface area (Å²) >= 11 is 6.99. The lowest BCUT2D eigenvalue weighted by Gasteiger charge is -2.21. The number of hydrogen-bond acceptors (Lipinski definition) is 4. The van der Waals surface area contributed by atoms with Crippen LogP contribution in [0.25, 0.3) is 0 Å². The summed E-state index contributed by atoms with van der Waals surface area (Å²) in [7, 11) is -3.64. The molecule has 0 saturated carbocycles. The largest absolute Gasteiger partial charge is 0.481 e. The number of carboxylic acid groups (broad SMARTS) is 1. The highest BCUT2D eigenvalue weighted by Gasteiger charge is 2.54. The van der Waals surface area contributed by atoms with Gasteiger partial charge in [0.2, 0.25) is 0 Å². The smallest absolute Gasteiger partial charge is 0.308 e. The summed E-state index contributed by atoms with van der Waals surface area (Å²) < 4.78 is 27.5. The van der Waals surface area contributed by atoms with E-state index in [0.29, 0.717) is 17.2 Å². The molecule has 0 aromatic carbocycles. The van der Waals surface area contributed by atoms with Crippen LogP contribution in [0.1, 0.15) is 24.8 Å². The van der Waals surface area contributed by atoms with E-state index in [-0.39, 0.29) is 10.3 Å². The van der Waals surface area contributed by atoms with E-state index in [2.05, 4.69) is 0 Å². The molecule has 2 bridgehead atoms. The number of sulfonamides is 1. The normalized spacial score (nSPS) is 30.0. The minimum absolute atomic E-state index is 0.188. The van der Waals surface area contributed by atoms with Crippen molar-refractivity contribution < 1.29 is 18.3 Å². The van der Waals surface area contributed by atoms with Gasteiger partial charge in [0, 0.05) is 12.1 Å². The van der Waals surface area contributed by atoms with Crippen LogP contribution in [0.15, 0.2) is 10.3 Å². The molecule has 0 radical (unpaired) electrons. The lowest BCUT2D eigenvalue weighted by Crippen LogP contribution is -2.37. The van der Waals surface area contributed by atoms with Gasteiger partial charge in [-0.15, -0.1) is 11.3 Å². The Kier molecular flexibility index (Phi) is 3.36. The SMILES string of the molecule is Cc1cc(S(=O)(=O)N2C3CCC2C(C(=O)O)C3)sc1Cl. The maximum absolute atomic E-state index is 12.7. The molecule has 1 N–H and O–H groups in total. The molecule has 2 aliphatic rings. The molecular weight excluding hydrogens is 322 g/mol. The molecule has 3 rings (SSSR count). The molecule has 1 aromatic heterocycles. The Morgan fingerprint density at radius 3 is 2.70 bits per heavy atom. The maximum Gasteiger partial charge on any atom is 0.308 e. The highest BCUT2D eigenvalue weighted by molar-refractivity contribution is 7.91. The van der Waals surface area contributed by atoms with Crippen molar-refractivity contribution in [2.24, 2.45) is 5.92 Å². The monoisotopic (exact) mass is 335 g/mol. The van der Waals surface area contributed by atoms with E-state index in [1.165, 1.54) is 4.31 Å². The van der Waals surface area contributed by atoms with Crippen molar-refractivity contribution in [1.29, 1.82) is 0 Å². The Morgan fingerprint density at radius 1 is 1.50 bits per heavy atom. The second-order valence-corrected chi connectivity index (χ2v) is 9.06. The third kappa shape index (κ3) is 1.99. The van der Waals surface area contributed by atoms with Crippen molar-refractivity contribution in [2.45, 2.75) is 42.5 Å². The molecule has 0 amide bonds. The lowest BCUT2D eigenvalue weighted by atomic mass is 9.89. The number of aryl methyl sites for hydroxylation is 1. The molecule has 110 valence electrons. The molecule has 0 aliphatic carbocycles. The summed E-state index contributed by atoms with van der Waals surface area (Å²) in [5.74, 6) is -1.49. The highest BCUT2D eigenvalue weighted by atomic mass is 35.5. The summed E-state index contributed by atoms with van der Waals surface area (Å²) in [6, 6.07) is 0.964. The molecule has 3 atom stereocenters. The number of hydrogen-bond donors (Lipinski definition) is 1. The van der Waals surface area contributed by atoms with Crippen molar-refractivity contribution in [3.8, 4) is 0 Å². The summed E-state index contributed by atoms with van der Waals surface area (Å²) in [6.07, 6.45) is 1.78. The Balaban J connectivity index is 1.99. The number of thiophene rings is 1. The topological polar surface area (TPSA) is 74.7 Å². The maximum atomic E-state index is 12.7. The van der Waals surface area contributed by atoms with Gasteiger partial charge >= 0.3 is 5.97 Å². The Hall–Kier alpha value is -0.630. The number of carboxylic acids is 1. The van der Waals surface area contributed by atoms with Crippen LogP contribution in [-0.4, -0.2) is 35.9 Å². The Labute approximate surface area is 126 Å². The molecule has 0 spiro atoms. The lowest BCUT2D eigenvalue weighted by molar-refractivity contribution is -0.142. The fourth-order valence-corrected chi connectivity index (χ4v) is 6.97. The number of halogens is 1. The average Bonchev–Trinajstić information content (AvgIpc) is 3.03. The Bertz CT molecular complexity index is 649. The fourth-order valence-electron chi connectivity index (χ4n) is 3.24. The van der Waals surface area contributed by atoms with Crippen LogP contribution in [0.2, 0.25) is 4.34 Å². The van der Waals surface area contributed by atoms with Crippen molar-refractivity contribution in [3.63, 3.8) is 0 Å². The molecule has 2 fully saturated rings. The molecule has 5 nitrogen and oxygen atoms in total. The van der Waals surface area contributed by atoms with Crippen molar-refractivity contribution in [1.82, 2.24) is 4.31 Å². The molecule has 3 unspecified atom stereocenters. The quantitative estimate of drug-likeness (QED) is 0.920. The van der Waals surface area contributed by atoms with E-state index in [1.807, 2.05) is 0 Å². The first-order valence-electron chi connectivity index (χ1n) is 6.34. The molecule has 8 heteroatoms. The van der Waals surface area contributed by atoms with Gasteiger partial charge in [-0.2, -0.15) is 4.31 Å². The van der Waals surface area contributed by atoms with E-state index in [4.69, 9.17) is 11.6 Å². The van der Waals surface area contributed by atoms with Crippen LogP contribution >= 0.6 is 22.9 Å². The summed E-state index contributed by atoms with van der Waals surface area (Å²) in [5.41, 5.74) is 0.733. The number of carbonyl (C=O) groups is 1. The third-order valence-corrected chi connectivity index (χ3v) is 8.14. The van der Waals surface area contributed by atoms with Gasteiger partial charge < -0.3 is 5.11 Å². The van der Waals surface area contributed by atoms with Crippen LogP contribution in [-0.2, 0) is 14.8 Å². The van der Waals surface area contributed by atoms with E-state index in [9.17, 15) is 18.3 Å². The van der Waals surface area contributed by atoms with Crippen molar-refractivity contribution in [3.05, 3.63) is 16.0 Å². The van der Waals surface area contributed by atoms with Crippen molar-refractivity contribution >= 4 is 38.9 Å². The second kappa shape index (κ2) is 4.69. The average molecular weight is 336 g/mol. The van der Waals surface area contributed by atoms with Gasteiger partial charge in [-0.25, -0.2) is 8.42 Å². The van der Waals surface area contributed by atoms with Crippen LogP contribution in [0.3, 0.4) is 0 Å². The van der Waals surface area contributed by atoms with Gasteiger partial charge in [-0.3, -0.25) is 4.79 Å². The van der Waals surface area contributed by atoms with E-state index < -0.39 is 28.0 Å². The first kappa shape index (κ1) is 14.3. The molecule has 2 saturated heterocycles. The van der Waals surface area contributed by atoms with Crippen molar-refractivity contribution in [2.75, 3.05) is 0 Å². The summed E-state index contributed by atoms with van der Waals surface area (Å²) in [5, 5.41) is 9.20. The van der Waals surface area contributed by atoms with Gasteiger partial charge in [0.1, 0.15) is 4.21 Å². The van der Waals surface area contributed by atoms with E-state index >= 15 is 0 Å². The van der Waals surface area contributed by atoms with Gasteiger partial charge in [-0.1, -0.05) is 11.6 Å². The zero-order valence-corrected chi connectivity index (χ0v) is 13.1. The standard InChI is InChI=1S/C12H14ClNO4S2/c1-6-4-10(19-11(6)13)20(17,18)14-7-2-3-9(14)8(5-7)12(15)16/h4,7-9H,2-3,5H2,1H3,(H,15,16). The second-order valence-electron chi connectivity index (χ2n) is 5.34. The minimum atomic E-state index is -3.64. The predicted octanol–water partition coefficient (Wildman–Crippen LogP) is 2.34. The first-order valence-corrected chi connectivity index (χ1v) is 8.98. The van der Waals surface area contributed by atoms with Crippen LogP contribution in [0.4, 0.5) is 0 Å². The number of nitrogens with zero attached hydrogens (tertiary/aromatic N) is 1. The fraction of sp³-hybridized carbons (Fsp3) is 0.583. The van der Waals surface area contributed by atoms with Crippen LogP contribution < -0.4 is 0 Å². The van der Waals surface area contributed by atoms with E-state index in [0.717, 1.165) is 23.3 Å². The molecule has 2 aliphatic heterocycles. The first-order chi connectivity index (χ1) is 9.32. The van der Waals surface area contributed by atoms with Gasteiger partial charge in [0.15, 0.2) is 0 Å². The van der Waals surface area contributed by atoms with Gasteiger partial charge in [-0.05, 0) is 37.8 Å². The zero-order valence-electron chi connectivity index (χ0n) is 10.7. The summed E-state index contributed by atoms with van der Waals surface area (Å²) in [6.45, 7) is 1.76. The van der Waals surface area contributed by atoms with E-state index in [1.54, 1.807) is 13.0 Å². The van der Waals surface area contributed by atoms with Gasteiger partial charge in [0.25, 0.3) is 10.0 Å². The van der Waals surface area contributed by atoms with Crippen LogP contribution in [0, 0.1) is 12.8 Å². The molecular formula is C12H14ClNO4S2. The Morgan fingerprint density at radius 2 is 2.20 bits per heavy atom. The predicted molar refractivity (Wildman–Crippen MR) is 75.6 cm³/mol. The van der Waals surface area contributed by atoms with Gasteiger partial charge in [0.05, 0.1) is 10.3 Å². The number of rotatable bonds is 3. The minimum Gasteiger partial charge on any atom is -0.481 e. The summed E-state index contributed by atoms with van der Waals surface area (Å²) in [4.78, 5) is 11.2. The third-order valence-electron chi connectivity index (χ3n) is 4.16. The molecule has 20 heavy (non-hydrogen) atoms. The molecule has 3 heterocycles.